The van der Waals surface area contributed by atoms with Gasteiger partial charge >= 0.3 is 0 Å². The summed E-state index contributed by atoms with van der Waals surface area (Å²) in [5, 5.41) is 3.45. The highest BCUT2D eigenvalue weighted by molar-refractivity contribution is 4.61. The Hall–Kier alpha value is -0.0800. The van der Waals surface area contributed by atoms with Gasteiger partial charge in [0.15, 0.2) is 0 Å². The number of nitrogens with one attached hydrogen (secondary N) is 1. The van der Waals surface area contributed by atoms with Gasteiger partial charge in [0.05, 0.1) is 12.7 Å². The van der Waals surface area contributed by atoms with Gasteiger partial charge in [-0.05, 0) is 26.7 Å². The Kier molecular flexibility index (Phi) is 7.51. The van der Waals surface area contributed by atoms with Crippen molar-refractivity contribution in [2.45, 2.75) is 52.7 Å². The van der Waals surface area contributed by atoms with Crippen molar-refractivity contribution in [2.75, 3.05) is 13.2 Å². The molecule has 12 heavy (non-hydrogen) atoms. The number of ether oxygens (including phenoxy) is 1. The second-order valence-corrected chi connectivity index (χ2v) is 3.39. The second-order valence-electron chi connectivity index (χ2n) is 3.39. The first-order valence-corrected chi connectivity index (χ1v) is 5.05. The van der Waals surface area contributed by atoms with E-state index in [4.69, 9.17) is 4.74 Å². The molecule has 2 heteroatoms. The topological polar surface area (TPSA) is 21.3 Å². The Bertz CT molecular complexity index is 89.8. The lowest BCUT2D eigenvalue weighted by Crippen LogP contribution is -2.31. The van der Waals surface area contributed by atoms with Crippen LogP contribution >= 0.6 is 0 Å². The maximum Gasteiger partial charge on any atom is 0.0594 e. The first-order chi connectivity index (χ1) is 5.70. The first kappa shape index (κ1) is 11.9. The highest BCUT2D eigenvalue weighted by atomic mass is 16.5. The van der Waals surface area contributed by atoms with Gasteiger partial charge in [-0.25, -0.2) is 0 Å². The fourth-order valence-electron chi connectivity index (χ4n) is 1.14. The maximum atomic E-state index is 5.42. The average molecular weight is 173 g/mol. The standard InChI is InChI=1S/C10H23NO/c1-5-10(6-2)11-7-8-12-9(3)4/h9-11H,5-8H2,1-4H3. The van der Waals surface area contributed by atoms with E-state index in [1.54, 1.807) is 0 Å². The lowest BCUT2D eigenvalue weighted by molar-refractivity contribution is 0.0792. The van der Waals surface area contributed by atoms with Gasteiger partial charge in [-0.1, -0.05) is 13.8 Å². The molecule has 0 heterocycles. The molecule has 0 aromatic carbocycles. The van der Waals surface area contributed by atoms with Crippen molar-refractivity contribution < 1.29 is 4.74 Å². The molecule has 0 saturated heterocycles. The van der Waals surface area contributed by atoms with Crippen molar-refractivity contribution in [1.82, 2.24) is 5.32 Å². The summed E-state index contributed by atoms with van der Waals surface area (Å²) in [6, 6.07) is 0.667. The van der Waals surface area contributed by atoms with E-state index in [-0.39, 0.29) is 0 Å². The van der Waals surface area contributed by atoms with Crippen molar-refractivity contribution in [3.63, 3.8) is 0 Å². The summed E-state index contributed by atoms with van der Waals surface area (Å²) in [4.78, 5) is 0. The van der Waals surface area contributed by atoms with Crippen LogP contribution in [0.1, 0.15) is 40.5 Å². The van der Waals surface area contributed by atoms with E-state index in [2.05, 4.69) is 33.0 Å². The van der Waals surface area contributed by atoms with Crippen molar-refractivity contribution in [3.8, 4) is 0 Å². The molecule has 0 aliphatic heterocycles. The normalized spacial score (nSPS) is 11.5. The van der Waals surface area contributed by atoms with Gasteiger partial charge < -0.3 is 10.1 Å². The minimum absolute atomic E-state index is 0.355. The number of rotatable bonds is 7. The SMILES string of the molecule is CCC(CC)NCCOC(C)C. The van der Waals surface area contributed by atoms with Crippen molar-refractivity contribution in [2.24, 2.45) is 0 Å². The van der Waals surface area contributed by atoms with Crippen LogP contribution in [0.4, 0.5) is 0 Å². The van der Waals surface area contributed by atoms with E-state index in [9.17, 15) is 0 Å². The Morgan fingerprint density at radius 3 is 2.17 bits per heavy atom. The zero-order chi connectivity index (χ0) is 9.40. The van der Waals surface area contributed by atoms with E-state index < -0.39 is 0 Å². The van der Waals surface area contributed by atoms with Gasteiger partial charge in [-0.15, -0.1) is 0 Å². The highest BCUT2D eigenvalue weighted by Gasteiger charge is 2.00. The molecule has 0 spiro atoms. The first-order valence-electron chi connectivity index (χ1n) is 5.05. The summed E-state index contributed by atoms with van der Waals surface area (Å²) < 4.78 is 5.42. The van der Waals surface area contributed by atoms with Crippen molar-refractivity contribution >= 4 is 0 Å². The van der Waals surface area contributed by atoms with Crippen LogP contribution in [0.5, 0.6) is 0 Å². The summed E-state index contributed by atoms with van der Waals surface area (Å²) in [5.41, 5.74) is 0. The summed E-state index contributed by atoms with van der Waals surface area (Å²) in [6.07, 6.45) is 2.77. The van der Waals surface area contributed by atoms with Crippen LogP contribution in [0.2, 0.25) is 0 Å². The molecule has 0 fully saturated rings. The Labute approximate surface area is 76.7 Å². The van der Waals surface area contributed by atoms with Crippen LogP contribution in [0.25, 0.3) is 0 Å². The Morgan fingerprint density at radius 2 is 1.75 bits per heavy atom. The molecular weight excluding hydrogens is 150 g/mol. The Balaban J connectivity index is 3.17. The van der Waals surface area contributed by atoms with Crippen LogP contribution < -0.4 is 5.32 Å². The molecule has 0 saturated carbocycles. The summed E-state index contributed by atoms with van der Waals surface area (Å²) >= 11 is 0. The quantitative estimate of drug-likeness (QED) is 0.596. The fraction of sp³-hybridized carbons (Fsp3) is 1.00. The zero-order valence-corrected chi connectivity index (χ0v) is 8.89. The molecule has 0 aliphatic rings. The summed E-state index contributed by atoms with van der Waals surface area (Å²) in [7, 11) is 0. The monoisotopic (exact) mass is 173 g/mol. The molecule has 74 valence electrons. The van der Waals surface area contributed by atoms with E-state index in [1.165, 1.54) is 12.8 Å². The summed E-state index contributed by atoms with van der Waals surface area (Å²) in [6.45, 7) is 10.4. The number of hydrogen-bond donors (Lipinski definition) is 1. The highest BCUT2D eigenvalue weighted by Crippen LogP contribution is 1.95. The van der Waals surface area contributed by atoms with Crippen LogP contribution in [-0.4, -0.2) is 25.3 Å². The van der Waals surface area contributed by atoms with Gasteiger partial charge in [0, 0.05) is 12.6 Å². The predicted octanol–water partition coefficient (Wildman–Crippen LogP) is 2.19. The van der Waals surface area contributed by atoms with Gasteiger partial charge in [0.25, 0.3) is 0 Å². The third kappa shape index (κ3) is 6.62. The van der Waals surface area contributed by atoms with Gasteiger partial charge in [-0.2, -0.15) is 0 Å². The van der Waals surface area contributed by atoms with Gasteiger partial charge in [0.1, 0.15) is 0 Å². The molecule has 0 rings (SSSR count). The second kappa shape index (κ2) is 7.56. The van der Waals surface area contributed by atoms with E-state index in [0.29, 0.717) is 12.1 Å². The van der Waals surface area contributed by atoms with E-state index in [0.717, 1.165) is 13.2 Å². The molecule has 0 aromatic rings. The molecule has 0 aliphatic carbocycles. The van der Waals surface area contributed by atoms with E-state index in [1.807, 2.05) is 0 Å². The predicted molar refractivity (Wildman–Crippen MR) is 53.5 cm³/mol. The lowest BCUT2D eigenvalue weighted by atomic mass is 10.2. The molecule has 0 unspecified atom stereocenters. The van der Waals surface area contributed by atoms with Crippen molar-refractivity contribution in [3.05, 3.63) is 0 Å². The Morgan fingerprint density at radius 1 is 1.17 bits per heavy atom. The van der Waals surface area contributed by atoms with Gasteiger partial charge in [0.2, 0.25) is 0 Å². The summed E-state index contributed by atoms with van der Waals surface area (Å²) in [5.74, 6) is 0. The zero-order valence-electron chi connectivity index (χ0n) is 8.89. The minimum atomic E-state index is 0.355. The molecular formula is C10H23NO. The maximum absolute atomic E-state index is 5.42. The molecule has 0 amide bonds. The third-order valence-electron chi connectivity index (χ3n) is 1.97. The molecule has 1 N–H and O–H groups in total. The van der Waals surface area contributed by atoms with Crippen LogP contribution in [-0.2, 0) is 4.74 Å². The van der Waals surface area contributed by atoms with Crippen molar-refractivity contribution in [1.29, 1.82) is 0 Å². The minimum Gasteiger partial charge on any atom is -0.377 e. The molecule has 0 aromatic heterocycles. The fourth-order valence-corrected chi connectivity index (χ4v) is 1.14. The lowest BCUT2D eigenvalue weighted by Gasteiger charge is -2.15. The largest absolute Gasteiger partial charge is 0.377 e. The van der Waals surface area contributed by atoms with Crippen LogP contribution in [0.3, 0.4) is 0 Å². The van der Waals surface area contributed by atoms with E-state index >= 15 is 0 Å². The number of hydrogen-bond acceptors (Lipinski definition) is 2. The molecule has 2 nitrogen and oxygen atoms in total. The van der Waals surface area contributed by atoms with Gasteiger partial charge in [-0.3, -0.25) is 0 Å². The smallest absolute Gasteiger partial charge is 0.0594 e. The third-order valence-corrected chi connectivity index (χ3v) is 1.97. The molecule has 0 atom stereocenters. The van der Waals surface area contributed by atoms with Crippen LogP contribution in [0, 0.1) is 0 Å². The molecule has 0 radical (unpaired) electrons. The van der Waals surface area contributed by atoms with Crippen LogP contribution in [0.15, 0.2) is 0 Å². The average Bonchev–Trinajstić information content (AvgIpc) is 2.04. The molecule has 0 bridgehead atoms.